The van der Waals surface area contributed by atoms with Crippen LogP contribution in [-0.4, -0.2) is 0 Å². The first-order valence-corrected chi connectivity index (χ1v) is 5.36. The van der Waals surface area contributed by atoms with E-state index in [0.717, 1.165) is 18.9 Å². The number of benzene rings is 1. The van der Waals surface area contributed by atoms with Crippen LogP contribution in [0.2, 0.25) is 5.02 Å². The molecule has 0 fully saturated rings. The molecule has 1 atom stereocenters. The number of hydrogen-bond donors (Lipinski definition) is 1. The number of halogens is 4. The molecule has 0 aromatic heterocycles. The van der Waals surface area contributed by atoms with Gasteiger partial charge in [-0.2, -0.15) is 13.2 Å². The van der Waals surface area contributed by atoms with Crippen LogP contribution in [0.4, 0.5) is 13.2 Å². The second-order valence-electron chi connectivity index (χ2n) is 3.63. The number of alkyl halides is 3. The van der Waals surface area contributed by atoms with E-state index in [1.54, 1.807) is 0 Å². The zero-order valence-corrected chi connectivity index (χ0v) is 9.57. The maximum absolute atomic E-state index is 12.4. The minimum atomic E-state index is -4.41. The maximum atomic E-state index is 12.4. The van der Waals surface area contributed by atoms with Crippen molar-refractivity contribution < 1.29 is 13.2 Å². The lowest BCUT2D eigenvalue weighted by Crippen LogP contribution is -2.11. The highest BCUT2D eigenvalue weighted by Crippen LogP contribution is 2.35. The van der Waals surface area contributed by atoms with Crippen LogP contribution in [0.15, 0.2) is 18.2 Å². The van der Waals surface area contributed by atoms with E-state index in [1.165, 1.54) is 12.1 Å². The normalized spacial score (nSPS) is 13.9. The molecule has 1 aromatic rings. The maximum Gasteiger partial charge on any atom is 0.417 e. The summed E-state index contributed by atoms with van der Waals surface area (Å²) in [5.74, 6) is 0. The first kappa shape index (κ1) is 13.3. The van der Waals surface area contributed by atoms with Gasteiger partial charge in [0, 0.05) is 6.04 Å². The molecule has 1 unspecified atom stereocenters. The average Bonchev–Trinajstić information content (AvgIpc) is 2.16. The van der Waals surface area contributed by atoms with Crippen LogP contribution in [0.1, 0.15) is 36.9 Å². The highest BCUT2D eigenvalue weighted by molar-refractivity contribution is 6.31. The third-order valence-corrected chi connectivity index (χ3v) is 2.64. The van der Waals surface area contributed by atoms with Gasteiger partial charge in [0.1, 0.15) is 0 Å². The van der Waals surface area contributed by atoms with E-state index in [-0.39, 0.29) is 11.1 Å². The van der Waals surface area contributed by atoms with Gasteiger partial charge in [0.2, 0.25) is 0 Å². The number of rotatable bonds is 3. The monoisotopic (exact) mass is 251 g/mol. The van der Waals surface area contributed by atoms with Gasteiger partial charge in [-0.05, 0) is 24.1 Å². The van der Waals surface area contributed by atoms with Crippen LogP contribution in [0.5, 0.6) is 0 Å². The van der Waals surface area contributed by atoms with Crippen molar-refractivity contribution in [3.63, 3.8) is 0 Å². The minimum Gasteiger partial charge on any atom is -0.324 e. The predicted molar refractivity (Wildman–Crippen MR) is 58.3 cm³/mol. The topological polar surface area (TPSA) is 26.0 Å². The molecule has 16 heavy (non-hydrogen) atoms. The molecule has 0 saturated carbocycles. The summed E-state index contributed by atoms with van der Waals surface area (Å²) < 4.78 is 37.2. The summed E-state index contributed by atoms with van der Waals surface area (Å²) in [5, 5.41) is -0.295. The van der Waals surface area contributed by atoms with Gasteiger partial charge in [0.05, 0.1) is 10.6 Å². The highest BCUT2D eigenvalue weighted by Gasteiger charge is 2.33. The van der Waals surface area contributed by atoms with Crippen LogP contribution < -0.4 is 5.73 Å². The van der Waals surface area contributed by atoms with Gasteiger partial charge >= 0.3 is 6.18 Å². The summed E-state index contributed by atoms with van der Waals surface area (Å²) in [7, 11) is 0. The molecule has 0 aliphatic heterocycles. The molecule has 1 rings (SSSR count). The first-order valence-electron chi connectivity index (χ1n) is 4.98. The van der Waals surface area contributed by atoms with Crippen LogP contribution in [0, 0.1) is 0 Å². The van der Waals surface area contributed by atoms with E-state index in [2.05, 4.69) is 0 Å². The predicted octanol–water partition coefficient (Wildman–Crippen LogP) is 4.16. The molecule has 2 N–H and O–H groups in total. The van der Waals surface area contributed by atoms with Gasteiger partial charge in [0.15, 0.2) is 0 Å². The Morgan fingerprint density at radius 1 is 1.38 bits per heavy atom. The van der Waals surface area contributed by atoms with Crippen molar-refractivity contribution >= 4 is 11.6 Å². The van der Waals surface area contributed by atoms with E-state index >= 15 is 0 Å². The molecule has 0 saturated heterocycles. The quantitative estimate of drug-likeness (QED) is 0.858. The smallest absolute Gasteiger partial charge is 0.324 e. The number of hydrogen-bond acceptors (Lipinski definition) is 1. The summed E-state index contributed by atoms with van der Waals surface area (Å²) in [6.07, 6.45) is -2.81. The van der Waals surface area contributed by atoms with Crippen LogP contribution >= 0.6 is 11.6 Å². The van der Waals surface area contributed by atoms with E-state index in [4.69, 9.17) is 17.3 Å². The summed E-state index contributed by atoms with van der Waals surface area (Å²) >= 11 is 5.58. The summed E-state index contributed by atoms with van der Waals surface area (Å²) in [5.41, 5.74) is 5.61. The molecule has 0 aliphatic carbocycles. The molecule has 0 aliphatic rings. The van der Waals surface area contributed by atoms with E-state index in [0.29, 0.717) is 5.56 Å². The lowest BCUT2D eigenvalue weighted by molar-refractivity contribution is -0.137. The molecular formula is C11H13ClF3N. The van der Waals surface area contributed by atoms with Crippen LogP contribution in [-0.2, 0) is 6.18 Å². The van der Waals surface area contributed by atoms with Crippen LogP contribution in [0.3, 0.4) is 0 Å². The fourth-order valence-electron chi connectivity index (χ4n) is 1.47. The Balaban J connectivity index is 3.00. The van der Waals surface area contributed by atoms with E-state index in [1.807, 2.05) is 6.92 Å². The Morgan fingerprint density at radius 3 is 2.44 bits per heavy atom. The Bertz CT molecular complexity index is 363. The highest BCUT2D eigenvalue weighted by atomic mass is 35.5. The van der Waals surface area contributed by atoms with Gasteiger partial charge in [-0.3, -0.25) is 0 Å². The second kappa shape index (κ2) is 5.06. The van der Waals surface area contributed by atoms with Gasteiger partial charge in [-0.1, -0.05) is 31.0 Å². The Labute approximate surface area is 97.4 Å². The molecule has 0 radical (unpaired) electrons. The molecule has 1 aromatic carbocycles. The lowest BCUT2D eigenvalue weighted by Gasteiger charge is -2.14. The molecule has 0 spiro atoms. The third kappa shape index (κ3) is 3.12. The number of nitrogens with two attached hydrogens (primary N) is 1. The fraction of sp³-hybridized carbons (Fsp3) is 0.455. The van der Waals surface area contributed by atoms with Gasteiger partial charge in [-0.15, -0.1) is 0 Å². The Hall–Kier alpha value is -0.740. The largest absolute Gasteiger partial charge is 0.417 e. The first-order chi connectivity index (χ1) is 7.36. The van der Waals surface area contributed by atoms with Crippen molar-refractivity contribution in [2.24, 2.45) is 5.73 Å². The third-order valence-electron chi connectivity index (χ3n) is 2.33. The summed E-state index contributed by atoms with van der Waals surface area (Å²) in [4.78, 5) is 0. The van der Waals surface area contributed by atoms with Crippen molar-refractivity contribution in [3.05, 3.63) is 34.3 Å². The van der Waals surface area contributed by atoms with E-state index in [9.17, 15) is 13.2 Å². The Kier molecular flexibility index (Phi) is 4.21. The molecule has 5 heteroatoms. The summed E-state index contributed by atoms with van der Waals surface area (Å²) in [6.45, 7) is 1.96. The minimum absolute atomic E-state index is 0.259. The van der Waals surface area contributed by atoms with Crippen molar-refractivity contribution in [3.8, 4) is 0 Å². The fourth-order valence-corrected chi connectivity index (χ4v) is 1.77. The zero-order chi connectivity index (χ0) is 12.3. The van der Waals surface area contributed by atoms with Gasteiger partial charge in [0.25, 0.3) is 0 Å². The van der Waals surface area contributed by atoms with Crippen molar-refractivity contribution in [1.29, 1.82) is 0 Å². The standard InChI is InChI=1S/C11H13ClF3N/c1-2-3-10(16)7-4-5-8(9(12)6-7)11(13,14)15/h4-6,10H,2-3,16H2,1H3. The average molecular weight is 252 g/mol. The molecular weight excluding hydrogens is 239 g/mol. The lowest BCUT2D eigenvalue weighted by atomic mass is 10.0. The summed E-state index contributed by atoms with van der Waals surface area (Å²) in [6, 6.07) is 3.40. The Morgan fingerprint density at radius 2 is 2.00 bits per heavy atom. The molecule has 0 heterocycles. The van der Waals surface area contributed by atoms with Gasteiger partial charge in [-0.25, -0.2) is 0 Å². The molecule has 1 nitrogen and oxygen atoms in total. The molecule has 0 bridgehead atoms. The van der Waals surface area contributed by atoms with Gasteiger partial charge < -0.3 is 5.73 Å². The molecule has 90 valence electrons. The zero-order valence-electron chi connectivity index (χ0n) is 8.81. The second-order valence-corrected chi connectivity index (χ2v) is 4.04. The van der Waals surface area contributed by atoms with Crippen molar-refractivity contribution in [1.82, 2.24) is 0 Å². The molecule has 0 amide bonds. The van der Waals surface area contributed by atoms with Crippen LogP contribution in [0.25, 0.3) is 0 Å². The van der Waals surface area contributed by atoms with Crippen molar-refractivity contribution in [2.45, 2.75) is 32.0 Å². The van der Waals surface area contributed by atoms with E-state index < -0.39 is 11.7 Å². The SMILES string of the molecule is CCCC(N)c1ccc(C(F)(F)F)c(Cl)c1. The van der Waals surface area contributed by atoms with Crippen molar-refractivity contribution in [2.75, 3.05) is 0 Å².